The summed E-state index contributed by atoms with van der Waals surface area (Å²) in [6.07, 6.45) is -1.80. The number of rotatable bonds is 6. The number of hydrogen-bond donors (Lipinski definition) is 1. The van der Waals surface area contributed by atoms with Gasteiger partial charge in [0.15, 0.2) is 0 Å². The quantitative estimate of drug-likeness (QED) is 0.773. The Morgan fingerprint density at radius 2 is 2.19 bits per heavy atom. The molecule has 0 saturated carbocycles. The molecular weight excluding hydrogens is 299 g/mol. The van der Waals surface area contributed by atoms with Gasteiger partial charge < -0.3 is 5.11 Å². The van der Waals surface area contributed by atoms with Crippen LogP contribution in [0.4, 0.5) is 13.2 Å². The second-order valence-corrected chi connectivity index (χ2v) is 5.71. The highest BCUT2D eigenvalue weighted by Gasteiger charge is 2.32. The molecular formula is C15H18F3NOS. The topological polar surface area (TPSA) is 33.1 Å². The number of alkyl halides is 3. The highest BCUT2D eigenvalue weighted by molar-refractivity contribution is 7.09. The number of aromatic nitrogens is 1. The molecule has 0 aliphatic rings. The predicted octanol–water partition coefficient (Wildman–Crippen LogP) is 4.67. The van der Waals surface area contributed by atoms with Crippen LogP contribution in [-0.2, 0) is 0 Å². The number of allylic oxidation sites excluding steroid dienone is 2. The second kappa shape index (κ2) is 7.56. The standard InChI is InChI=1S/C15H18F3NOS/c1-4-5-12(15(16,17)18)6-7-14(20)10(2)8-13-9-21-11(3)19-13/h4,6,8-9,14,20H,1,5,7H2,2-3H3/b10-8+,12-6-/t14-/m0/s1. The number of aryl methyl sites for hydroxylation is 1. The molecule has 1 heterocycles. The van der Waals surface area contributed by atoms with E-state index in [9.17, 15) is 18.3 Å². The van der Waals surface area contributed by atoms with Crippen molar-refractivity contribution in [2.45, 2.75) is 39.0 Å². The van der Waals surface area contributed by atoms with E-state index in [2.05, 4.69) is 11.6 Å². The second-order valence-electron chi connectivity index (χ2n) is 4.65. The van der Waals surface area contributed by atoms with Crippen LogP contribution >= 0.6 is 11.3 Å². The number of hydrogen-bond acceptors (Lipinski definition) is 3. The fourth-order valence-electron chi connectivity index (χ4n) is 1.69. The molecule has 1 N–H and O–H groups in total. The molecule has 1 atom stereocenters. The summed E-state index contributed by atoms with van der Waals surface area (Å²) in [5.41, 5.74) is 0.602. The first kappa shape index (κ1) is 17.7. The fourth-order valence-corrected chi connectivity index (χ4v) is 2.26. The first-order valence-electron chi connectivity index (χ1n) is 6.39. The lowest BCUT2D eigenvalue weighted by Crippen LogP contribution is -2.13. The van der Waals surface area contributed by atoms with E-state index in [4.69, 9.17) is 0 Å². The molecule has 0 bridgehead atoms. The minimum absolute atomic E-state index is 0.0892. The summed E-state index contributed by atoms with van der Waals surface area (Å²) in [6, 6.07) is 0. The fraction of sp³-hybridized carbons (Fsp3) is 0.400. The lowest BCUT2D eigenvalue weighted by molar-refractivity contribution is -0.0932. The first-order chi connectivity index (χ1) is 9.74. The zero-order valence-electron chi connectivity index (χ0n) is 11.9. The average Bonchev–Trinajstić information content (AvgIpc) is 2.78. The molecule has 0 aromatic carbocycles. The number of nitrogens with zero attached hydrogens (tertiary/aromatic N) is 1. The maximum absolute atomic E-state index is 12.7. The van der Waals surface area contributed by atoms with Crippen molar-refractivity contribution in [2.24, 2.45) is 0 Å². The van der Waals surface area contributed by atoms with E-state index < -0.39 is 17.9 Å². The Labute approximate surface area is 126 Å². The zero-order valence-corrected chi connectivity index (χ0v) is 12.8. The van der Waals surface area contributed by atoms with Crippen LogP contribution in [0.1, 0.15) is 30.5 Å². The molecule has 116 valence electrons. The minimum atomic E-state index is -4.39. The summed E-state index contributed by atoms with van der Waals surface area (Å²) < 4.78 is 38.1. The van der Waals surface area contributed by atoms with Gasteiger partial charge in [-0.05, 0) is 38.3 Å². The van der Waals surface area contributed by atoms with Crippen molar-refractivity contribution in [2.75, 3.05) is 0 Å². The normalized spacial score (nSPS) is 15.1. The van der Waals surface area contributed by atoms with Crippen LogP contribution in [0.25, 0.3) is 6.08 Å². The molecule has 1 aromatic heterocycles. The van der Waals surface area contributed by atoms with Crippen molar-refractivity contribution in [3.8, 4) is 0 Å². The Bertz CT molecular complexity index is 543. The monoisotopic (exact) mass is 317 g/mol. The van der Waals surface area contributed by atoms with Gasteiger partial charge in [0.25, 0.3) is 0 Å². The van der Waals surface area contributed by atoms with Gasteiger partial charge in [-0.15, -0.1) is 17.9 Å². The largest absolute Gasteiger partial charge is 0.412 e. The van der Waals surface area contributed by atoms with Gasteiger partial charge in [-0.25, -0.2) is 4.98 Å². The molecule has 21 heavy (non-hydrogen) atoms. The van der Waals surface area contributed by atoms with Crippen LogP contribution in [0.5, 0.6) is 0 Å². The van der Waals surface area contributed by atoms with Crippen molar-refractivity contribution >= 4 is 17.4 Å². The molecule has 0 spiro atoms. The van der Waals surface area contributed by atoms with Crippen LogP contribution in [0.15, 0.2) is 35.3 Å². The molecule has 0 fully saturated rings. The Balaban J connectivity index is 2.77. The third-order valence-corrected chi connectivity index (χ3v) is 3.65. The summed E-state index contributed by atoms with van der Waals surface area (Å²) in [5, 5.41) is 12.7. The van der Waals surface area contributed by atoms with Gasteiger partial charge in [-0.1, -0.05) is 12.2 Å². The molecule has 6 heteroatoms. The molecule has 0 amide bonds. The number of halogens is 3. The SMILES string of the molecule is C=CC/C(=C/C[C@H](O)/C(C)=C/c1csc(C)n1)C(F)(F)F. The van der Waals surface area contributed by atoms with Crippen molar-refractivity contribution in [3.63, 3.8) is 0 Å². The summed E-state index contributed by atoms with van der Waals surface area (Å²) in [7, 11) is 0. The summed E-state index contributed by atoms with van der Waals surface area (Å²) in [6.45, 7) is 6.85. The molecule has 0 aliphatic carbocycles. The number of aliphatic hydroxyl groups excluding tert-OH is 1. The lowest BCUT2D eigenvalue weighted by atomic mass is 10.0. The Morgan fingerprint density at radius 3 is 2.67 bits per heavy atom. The van der Waals surface area contributed by atoms with E-state index in [0.29, 0.717) is 11.3 Å². The maximum Gasteiger partial charge on any atom is 0.412 e. The van der Waals surface area contributed by atoms with Crippen LogP contribution in [0, 0.1) is 6.92 Å². The van der Waals surface area contributed by atoms with Gasteiger partial charge in [0.1, 0.15) is 0 Å². The van der Waals surface area contributed by atoms with Crippen LogP contribution in [-0.4, -0.2) is 22.4 Å². The van der Waals surface area contributed by atoms with E-state index in [-0.39, 0.29) is 12.8 Å². The molecule has 1 rings (SSSR count). The first-order valence-corrected chi connectivity index (χ1v) is 7.27. The predicted molar refractivity (Wildman–Crippen MR) is 80.1 cm³/mol. The molecule has 0 unspecified atom stereocenters. The highest BCUT2D eigenvalue weighted by Crippen LogP contribution is 2.29. The van der Waals surface area contributed by atoms with Crippen molar-refractivity contribution in [1.82, 2.24) is 4.98 Å². The van der Waals surface area contributed by atoms with Crippen molar-refractivity contribution in [3.05, 3.63) is 46.0 Å². The maximum atomic E-state index is 12.7. The number of thiazole rings is 1. The van der Waals surface area contributed by atoms with Crippen molar-refractivity contribution in [1.29, 1.82) is 0 Å². The van der Waals surface area contributed by atoms with Gasteiger partial charge in [-0.2, -0.15) is 13.2 Å². The van der Waals surface area contributed by atoms with Gasteiger partial charge >= 0.3 is 6.18 Å². The van der Waals surface area contributed by atoms with Gasteiger partial charge in [0.05, 0.1) is 16.8 Å². The van der Waals surface area contributed by atoms with Gasteiger partial charge in [0.2, 0.25) is 0 Å². The molecule has 0 radical (unpaired) electrons. The van der Waals surface area contributed by atoms with E-state index in [1.807, 2.05) is 12.3 Å². The van der Waals surface area contributed by atoms with Crippen LogP contribution in [0.3, 0.4) is 0 Å². The van der Waals surface area contributed by atoms with Crippen LogP contribution in [0.2, 0.25) is 0 Å². The van der Waals surface area contributed by atoms with E-state index >= 15 is 0 Å². The summed E-state index contributed by atoms with van der Waals surface area (Å²) in [5.74, 6) is 0. The van der Waals surface area contributed by atoms with Crippen LogP contribution < -0.4 is 0 Å². The minimum Gasteiger partial charge on any atom is -0.388 e. The van der Waals surface area contributed by atoms with Gasteiger partial charge in [0, 0.05) is 11.0 Å². The Hall–Kier alpha value is -1.40. The van der Waals surface area contributed by atoms with E-state index in [1.54, 1.807) is 13.0 Å². The third-order valence-electron chi connectivity index (χ3n) is 2.85. The van der Waals surface area contributed by atoms with Crippen molar-refractivity contribution < 1.29 is 18.3 Å². The smallest absolute Gasteiger partial charge is 0.388 e. The van der Waals surface area contributed by atoms with Gasteiger partial charge in [-0.3, -0.25) is 0 Å². The summed E-state index contributed by atoms with van der Waals surface area (Å²) >= 11 is 1.48. The summed E-state index contributed by atoms with van der Waals surface area (Å²) in [4.78, 5) is 4.22. The highest BCUT2D eigenvalue weighted by atomic mass is 32.1. The van der Waals surface area contributed by atoms with E-state index in [1.165, 1.54) is 17.4 Å². The third kappa shape index (κ3) is 5.85. The Kier molecular flexibility index (Phi) is 6.36. The zero-order chi connectivity index (χ0) is 16.0. The number of aliphatic hydroxyl groups is 1. The lowest BCUT2D eigenvalue weighted by Gasteiger charge is -2.12. The molecule has 0 saturated heterocycles. The molecule has 1 aromatic rings. The van der Waals surface area contributed by atoms with E-state index in [0.717, 1.165) is 11.1 Å². The molecule has 2 nitrogen and oxygen atoms in total. The molecule has 0 aliphatic heterocycles. The average molecular weight is 317 g/mol. The Morgan fingerprint density at radius 1 is 1.52 bits per heavy atom.